The van der Waals surface area contributed by atoms with Crippen LogP contribution in [-0.4, -0.2) is 36.0 Å². The van der Waals surface area contributed by atoms with Crippen molar-refractivity contribution in [1.29, 1.82) is 0 Å². The lowest BCUT2D eigenvalue weighted by molar-refractivity contribution is -0.385. The Hall–Kier alpha value is -0.980. The molecule has 1 N–H and O–H groups in total. The second-order valence-electron chi connectivity index (χ2n) is 4.76. The maximum atomic E-state index is 11.0. The molecular weight excluding hydrogens is 310 g/mol. The van der Waals surface area contributed by atoms with Gasteiger partial charge in [-0.3, -0.25) is 10.1 Å². The topological polar surface area (TPSA) is 58.4 Å². The van der Waals surface area contributed by atoms with Gasteiger partial charge in [0.1, 0.15) is 0 Å². The fourth-order valence-electron chi connectivity index (χ4n) is 2.32. The molecule has 0 bridgehead atoms. The van der Waals surface area contributed by atoms with Crippen molar-refractivity contribution in [3.05, 3.63) is 38.3 Å². The highest BCUT2D eigenvalue weighted by molar-refractivity contribution is 9.10. The summed E-state index contributed by atoms with van der Waals surface area (Å²) < 4.78 is 0.736. The molecule has 0 aliphatic carbocycles. The zero-order chi connectivity index (χ0) is 13.7. The lowest BCUT2D eigenvalue weighted by Gasteiger charge is -2.14. The minimum absolute atomic E-state index is 0.169. The lowest BCUT2D eigenvalue weighted by Crippen LogP contribution is -2.29. The van der Waals surface area contributed by atoms with Gasteiger partial charge in [0, 0.05) is 35.7 Å². The van der Waals surface area contributed by atoms with Gasteiger partial charge in [0.15, 0.2) is 0 Å². The van der Waals surface area contributed by atoms with E-state index in [1.54, 1.807) is 12.1 Å². The van der Waals surface area contributed by atoms with Gasteiger partial charge in [-0.05, 0) is 38.1 Å². The van der Waals surface area contributed by atoms with Gasteiger partial charge in [-0.2, -0.15) is 0 Å². The van der Waals surface area contributed by atoms with Crippen LogP contribution in [0.15, 0.2) is 22.7 Å². The highest BCUT2D eigenvalue weighted by atomic mass is 79.9. The third kappa shape index (κ3) is 4.26. The Morgan fingerprint density at radius 2 is 2.11 bits per heavy atom. The van der Waals surface area contributed by atoms with E-state index < -0.39 is 0 Å². The maximum absolute atomic E-state index is 11.0. The molecule has 0 spiro atoms. The van der Waals surface area contributed by atoms with Crippen molar-refractivity contribution in [2.24, 2.45) is 0 Å². The van der Waals surface area contributed by atoms with Crippen molar-refractivity contribution >= 4 is 21.6 Å². The minimum Gasteiger partial charge on any atom is -0.311 e. The molecule has 1 saturated heterocycles. The molecule has 5 nitrogen and oxygen atoms in total. The number of benzene rings is 1. The Bertz CT molecular complexity index is 448. The van der Waals surface area contributed by atoms with Crippen molar-refractivity contribution in [2.45, 2.75) is 19.4 Å². The van der Waals surface area contributed by atoms with Crippen molar-refractivity contribution in [1.82, 2.24) is 10.2 Å². The SMILES string of the molecule is O=[N+]([O-])c1cc(Br)ccc1CNCCN1CCCC1. The lowest BCUT2D eigenvalue weighted by atomic mass is 10.2. The summed E-state index contributed by atoms with van der Waals surface area (Å²) in [6.07, 6.45) is 2.58. The molecule has 1 aliphatic rings. The van der Waals surface area contributed by atoms with Gasteiger partial charge < -0.3 is 10.2 Å². The zero-order valence-corrected chi connectivity index (χ0v) is 12.4. The molecule has 0 aromatic heterocycles. The van der Waals surface area contributed by atoms with Crippen LogP contribution in [0.5, 0.6) is 0 Å². The molecule has 1 aliphatic heterocycles. The van der Waals surface area contributed by atoms with Gasteiger partial charge >= 0.3 is 0 Å². The van der Waals surface area contributed by atoms with Gasteiger partial charge in [0.25, 0.3) is 5.69 Å². The second kappa shape index (κ2) is 6.98. The monoisotopic (exact) mass is 327 g/mol. The number of nitrogens with one attached hydrogen (secondary N) is 1. The second-order valence-corrected chi connectivity index (χ2v) is 5.67. The molecule has 1 aromatic carbocycles. The van der Waals surface area contributed by atoms with E-state index in [1.165, 1.54) is 25.9 Å². The van der Waals surface area contributed by atoms with Crippen molar-refractivity contribution in [2.75, 3.05) is 26.2 Å². The molecule has 104 valence electrons. The Balaban J connectivity index is 1.83. The first-order valence-electron chi connectivity index (χ1n) is 6.53. The van der Waals surface area contributed by atoms with Crippen LogP contribution in [-0.2, 0) is 6.54 Å². The van der Waals surface area contributed by atoms with Gasteiger partial charge in [0.2, 0.25) is 0 Å². The summed E-state index contributed by atoms with van der Waals surface area (Å²) in [7, 11) is 0. The van der Waals surface area contributed by atoms with E-state index >= 15 is 0 Å². The number of nitrogens with zero attached hydrogens (tertiary/aromatic N) is 2. The highest BCUT2D eigenvalue weighted by Gasteiger charge is 2.14. The fourth-order valence-corrected chi connectivity index (χ4v) is 2.67. The molecular formula is C13H18BrN3O2. The summed E-state index contributed by atoms with van der Waals surface area (Å²) >= 11 is 3.26. The van der Waals surface area contributed by atoms with E-state index in [0.29, 0.717) is 6.54 Å². The van der Waals surface area contributed by atoms with E-state index in [1.807, 2.05) is 6.07 Å². The maximum Gasteiger partial charge on any atom is 0.275 e. The van der Waals surface area contributed by atoms with E-state index in [9.17, 15) is 10.1 Å². The Morgan fingerprint density at radius 3 is 2.79 bits per heavy atom. The first-order chi connectivity index (χ1) is 9.16. The molecule has 2 rings (SSSR count). The summed E-state index contributed by atoms with van der Waals surface area (Å²) in [5, 5.41) is 14.2. The van der Waals surface area contributed by atoms with Crippen LogP contribution in [0.25, 0.3) is 0 Å². The number of halogens is 1. The average molecular weight is 328 g/mol. The summed E-state index contributed by atoms with van der Waals surface area (Å²) in [4.78, 5) is 13.1. The molecule has 1 fully saturated rings. The molecule has 19 heavy (non-hydrogen) atoms. The Morgan fingerprint density at radius 1 is 1.37 bits per heavy atom. The summed E-state index contributed by atoms with van der Waals surface area (Å²) in [5.74, 6) is 0. The predicted molar refractivity (Wildman–Crippen MR) is 78.2 cm³/mol. The number of rotatable bonds is 6. The summed E-state index contributed by atoms with van der Waals surface area (Å²) in [6, 6.07) is 5.19. The number of nitro benzene ring substituents is 1. The predicted octanol–water partition coefficient (Wildman–Crippen LogP) is 2.54. The number of likely N-dealkylation sites (tertiary alicyclic amines) is 1. The Kier molecular flexibility index (Phi) is 5.30. The molecule has 0 saturated carbocycles. The smallest absolute Gasteiger partial charge is 0.275 e. The standard InChI is InChI=1S/C13H18BrN3O2/c14-12-4-3-11(13(9-12)17(18)19)10-15-5-8-16-6-1-2-7-16/h3-4,9,15H,1-2,5-8,10H2. The molecule has 6 heteroatoms. The quantitative estimate of drug-likeness (QED) is 0.495. The summed E-state index contributed by atoms with van der Waals surface area (Å²) in [5.41, 5.74) is 0.901. The number of hydrogen-bond donors (Lipinski definition) is 1. The van der Waals surface area contributed by atoms with Gasteiger partial charge in [0.05, 0.1) is 4.92 Å². The first-order valence-corrected chi connectivity index (χ1v) is 7.32. The third-order valence-corrected chi connectivity index (χ3v) is 3.86. The van der Waals surface area contributed by atoms with Gasteiger partial charge in [-0.25, -0.2) is 0 Å². The number of hydrogen-bond acceptors (Lipinski definition) is 4. The van der Waals surface area contributed by atoms with Crippen LogP contribution < -0.4 is 5.32 Å². The third-order valence-electron chi connectivity index (χ3n) is 3.36. The van der Waals surface area contributed by atoms with E-state index in [-0.39, 0.29) is 10.6 Å². The molecule has 0 amide bonds. The van der Waals surface area contributed by atoms with Crippen LogP contribution in [0.4, 0.5) is 5.69 Å². The van der Waals surface area contributed by atoms with E-state index in [4.69, 9.17) is 0 Å². The molecule has 1 aromatic rings. The van der Waals surface area contributed by atoms with Crippen LogP contribution in [0.2, 0.25) is 0 Å². The zero-order valence-electron chi connectivity index (χ0n) is 10.8. The molecule has 0 radical (unpaired) electrons. The molecule has 1 heterocycles. The summed E-state index contributed by atoms with van der Waals surface area (Å²) in [6.45, 7) is 4.79. The highest BCUT2D eigenvalue weighted by Crippen LogP contribution is 2.23. The minimum atomic E-state index is -0.331. The molecule has 0 unspecified atom stereocenters. The normalized spacial score (nSPS) is 15.8. The van der Waals surface area contributed by atoms with Crippen LogP contribution >= 0.6 is 15.9 Å². The van der Waals surface area contributed by atoms with E-state index in [0.717, 1.165) is 23.1 Å². The van der Waals surface area contributed by atoms with Crippen LogP contribution in [0, 0.1) is 10.1 Å². The fraction of sp³-hybridized carbons (Fsp3) is 0.538. The van der Waals surface area contributed by atoms with Crippen molar-refractivity contribution in [3.8, 4) is 0 Å². The largest absolute Gasteiger partial charge is 0.311 e. The van der Waals surface area contributed by atoms with Gasteiger partial charge in [-0.1, -0.05) is 15.9 Å². The van der Waals surface area contributed by atoms with Crippen LogP contribution in [0.3, 0.4) is 0 Å². The first kappa shape index (κ1) is 14.4. The van der Waals surface area contributed by atoms with Crippen molar-refractivity contribution in [3.63, 3.8) is 0 Å². The van der Waals surface area contributed by atoms with Crippen LogP contribution in [0.1, 0.15) is 18.4 Å². The van der Waals surface area contributed by atoms with Crippen molar-refractivity contribution < 1.29 is 4.92 Å². The number of nitro groups is 1. The van der Waals surface area contributed by atoms with Gasteiger partial charge in [-0.15, -0.1) is 0 Å². The molecule has 0 atom stereocenters. The van der Waals surface area contributed by atoms with E-state index in [2.05, 4.69) is 26.1 Å². The average Bonchev–Trinajstić information content (AvgIpc) is 2.89. The Labute approximate surface area is 121 Å².